The Morgan fingerprint density at radius 2 is 1.69 bits per heavy atom. The molecular weight excluding hydrogens is 356 g/mol. The number of hydrogen-bond donors (Lipinski definition) is 1. The molecule has 0 aliphatic rings. The molecule has 26 heavy (non-hydrogen) atoms. The van der Waals surface area contributed by atoms with Gasteiger partial charge in [0, 0.05) is 19.5 Å². The van der Waals surface area contributed by atoms with Gasteiger partial charge in [0.1, 0.15) is 0 Å². The maximum atomic E-state index is 12.7. The number of carbonyl (C=O) groups is 1. The predicted octanol–water partition coefficient (Wildman–Crippen LogP) is 2.46. The molecule has 0 unspecified atom stereocenters. The van der Waals surface area contributed by atoms with E-state index in [1.54, 1.807) is 31.2 Å². The fourth-order valence-electron chi connectivity index (χ4n) is 2.23. The van der Waals surface area contributed by atoms with Crippen LogP contribution in [0, 0.1) is 6.92 Å². The molecule has 0 aliphatic carbocycles. The summed E-state index contributed by atoms with van der Waals surface area (Å²) < 4.78 is 31.7. The molecule has 0 fully saturated rings. The van der Waals surface area contributed by atoms with Crippen molar-refractivity contribution < 1.29 is 17.6 Å². The van der Waals surface area contributed by atoms with Gasteiger partial charge >= 0.3 is 6.01 Å². The zero-order valence-electron chi connectivity index (χ0n) is 14.1. The molecule has 134 valence electrons. The van der Waals surface area contributed by atoms with E-state index in [1.165, 1.54) is 35.6 Å². The van der Waals surface area contributed by atoms with Gasteiger partial charge in [-0.05, 0) is 36.4 Å². The molecule has 0 atom stereocenters. The van der Waals surface area contributed by atoms with Gasteiger partial charge in [-0.25, -0.2) is 8.42 Å². The number of sulfonamides is 1. The van der Waals surface area contributed by atoms with Crippen molar-refractivity contribution in [2.24, 2.45) is 0 Å². The number of nitrogens with zero attached hydrogens (tertiary/aromatic N) is 3. The second-order valence-electron chi connectivity index (χ2n) is 5.41. The maximum Gasteiger partial charge on any atom is 0.322 e. The minimum absolute atomic E-state index is 0.0204. The van der Waals surface area contributed by atoms with E-state index >= 15 is 0 Å². The van der Waals surface area contributed by atoms with Crippen molar-refractivity contribution in [1.29, 1.82) is 0 Å². The number of benzene rings is 2. The van der Waals surface area contributed by atoms with Crippen LogP contribution in [0.1, 0.15) is 16.2 Å². The maximum absolute atomic E-state index is 12.7. The molecule has 1 aromatic heterocycles. The van der Waals surface area contributed by atoms with Crippen LogP contribution in [-0.2, 0) is 10.0 Å². The van der Waals surface area contributed by atoms with Crippen LogP contribution in [0.25, 0.3) is 0 Å². The Kier molecular flexibility index (Phi) is 4.72. The molecule has 1 heterocycles. The third-order valence-corrected chi connectivity index (χ3v) is 5.44. The fraction of sp³-hybridized carbons (Fsp3) is 0.118. The average molecular weight is 372 g/mol. The quantitative estimate of drug-likeness (QED) is 0.737. The van der Waals surface area contributed by atoms with E-state index in [1.807, 2.05) is 6.07 Å². The van der Waals surface area contributed by atoms with Crippen LogP contribution < -0.4 is 9.62 Å². The van der Waals surface area contributed by atoms with Crippen molar-refractivity contribution >= 4 is 27.6 Å². The Hall–Kier alpha value is -3.20. The lowest BCUT2D eigenvalue weighted by molar-refractivity contribution is 0.102. The van der Waals surface area contributed by atoms with E-state index in [-0.39, 0.29) is 16.5 Å². The molecular formula is C17H16N4O4S. The number of aromatic nitrogens is 2. The van der Waals surface area contributed by atoms with Crippen LogP contribution in [-0.4, -0.2) is 31.6 Å². The van der Waals surface area contributed by atoms with Crippen LogP contribution >= 0.6 is 0 Å². The van der Waals surface area contributed by atoms with E-state index in [9.17, 15) is 13.2 Å². The Balaban J connectivity index is 1.79. The lowest BCUT2D eigenvalue weighted by atomic mass is 10.2. The Bertz CT molecular complexity index is 1010. The summed E-state index contributed by atoms with van der Waals surface area (Å²) in [7, 11) is -2.25. The summed E-state index contributed by atoms with van der Waals surface area (Å²) in [5.41, 5.74) is 0.809. The summed E-state index contributed by atoms with van der Waals surface area (Å²) in [5.74, 6) is -0.153. The molecule has 2 aromatic carbocycles. The Morgan fingerprint density at radius 1 is 1.04 bits per heavy atom. The molecule has 0 aliphatic heterocycles. The third-order valence-electron chi connectivity index (χ3n) is 3.64. The van der Waals surface area contributed by atoms with Gasteiger partial charge in [0.2, 0.25) is 5.89 Å². The van der Waals surface area contributed by atoms with E-state index in [4.69, 9.17) is 4.42 Å². The van der Waals surface area contributed by atoms with Crippen LogP contribution in [0.5, 0.6) is 0 Å². The highest BCUT2D eigenvalue weighted by molar-refractivity contribution is 7.92. The molecule has 0 saturated carbocycles. The molecule has 8 nitrogen and oxygen atoms in total. The summed E-state index contributed by atoms with van der Waals surface area (Å²) in [6.45, 7) is 1.60. The second-order valence-corrected chi connectivity index (χ2v) is 7.38. The molecule has 3 rings (SSSR count). The summed E-state index contributed by atoms with van der Waals surface area (Å²) in [4.78, 5) is 12.2. The second kappa shape index (κ2) is 6.96. The number of hydrogen-bond acceptors (Lipinski definition) is 6. The highest BCUT2D eigenvalue weighted by Gasteiger charge is 2.21. The van der Waals surface area contributed by atoms with Crippen molar-refractivity contribution in [2.45, 2.75) is 11.8 Å². The SMILES string of the molecule is Cc1nnc(NC(=O)c2ccc(S(=O)(=O)N(C)c3ccccc3)cc2)o1. The Labute approximate surface area is 150 Å². The average Bonchev–Trinajstić information content (AvgIpc) is 3.06. The van der Waals surface area contributed by atoms with E-state index in [0.717, 1.165) is 0 Å². The van der Waals surface area contributed by atoms with E-state index in [2.05, 4.69) is 15.5 Å². The minimum atomic E-state index is -3.73. The number of rotatable bonds is 5. The zero-order valence-corrected chi connectivity index (χ0v) is 14.9. The van der Waals surface area contributed by atoms with Gasteiger partial charge in [-0.15, -0.1) is 5.10 Å². The van der Waals surface area contributed by atoms with Crippen LogP contribution in [0.15, 0.2) is 63.9 Å². The topological polar surface area (TPSA) is 105 Å². The predicted molar refractivity (Wildman–Crippen MR) is 95.5 cm³/mol. The molecule has 0 radical (unpaired) electrons. The number of amides is 1. The van der Waals surface area contributed by atoms with E-state index < -0.39 is 15.9 Å². The summed E-state index contributed by atoms with van der Waals surface area (Å²) in [6, 6.07) is 14.3. The van der Waals surface area contributed by atoms with Crippen molar-refractivity contribution in [2.75, 3.05) is 16.7 Å². The fourth-order valence-corrected chi connectivity index (χ4v) is 3.42. The highest BCUT2D eigenvalue weighted by atomic mass is 32.2. The van der Waals surface area contributed by atoms with Gasteiger partial charge in [-0.1, -0.05) is 23.3 Å². The van der Waals surface area contributed by atoms with Crippen molar-refractivity contribution in [1.82, 2.24) is 10.2 Å². The molecule has 3 aromatic rings. The van der Waals surface area contributed by atoms with Gasteiger partial charge in [0.05, 0.1) is 10.6 Å². The van der Waals surface area contributed by atoms with Crippen LogP contribution in [0.2, 0.25) is 0 Å². The first-order chi connectivity index (χ1) is 12.4. The van der Waals surface area contributed by atoms with Crippen molar-refractivity contribution in [3.05, 3.63) is 66.1 Å². The van der Waals surface area contributed by atoms with Crippen LogP contribution in [0.4, 0.5) is 11.7 Å². The van der Waals surface area contributed by atoms with E-state index in [0.29, 0.717) is 11.6 Å². The van der Waals surface area contributed by atoms with Gasteiger partial charge < -0.3 is 4.42 Å². The monoisotopic (exact) mass is 372 g/mol. The Morgan fingerprint density at radius 3 is 2.27 bits per heavy atom. The molecule has 0 spiro atoms. The summed E-state index contributed by atoms with van der Waals surface area (Å²) >= 11 is 0. The van der Waals surface area contributed by atoms with Gasteiger partial charge in [0.25, 0.3) is 15.9 Å². The smallest absolute Gasteiger partial charge is 0.322 e. The molecule has 0 bridgehead atoms. The largest absolute Gasteiger partial charge is 0.408 e. The number of para-hydroxylation sites is 1. The van der Waals surface area contributed by atoms with Crippen molar-refractivity contribution in [3.8, 4) is 0 Å². The van der Waals surface area contributed by atoms with Gasteiger partial charge in [-0.2, -0.15) is 0 Å². The third kappa shape index (κ3) is 3.57. The minimum Gasteiger partial charge on any atom is -0.408 e. The standard InChI is InChI=1S/C17H16N4O4S/c1-12-19-20-17(25-12)18-16(22)13-8-10-15(11-9-13)26(23,24)21(2)14-6-4-3-5-7-14/h3-11H,1-2H3,(H,18,20,22). The lowest BCUT2D eigenvalue weighted by Crippen LogP contribution is -2.26. The first kappa shape index (κ1) is 17.6. The number of anilines is 2. The van der Waals surface area contributed by atoms with Gasteiger partial charge in [0.15, 0.2) is 0 Å². The summed E-state index contributed by atoms with van der Waals surface area (Å²) in [5, 5.41) is 9.73. The molecule has 9 heteroatoms. The number of aryl methyl sites for hydroxylation is 1. The zero-order chi connectivity index (χ0) is 18.7. The molecule has 1 amide bonds. The normalized spacial score (nSPS) is 11.2. The highest BCUT2D eigenvalue weighted by Crippen LogP contribution is 2.22. The molecule has 1 N–H and O–H groups in total. The lowest BCUT2D eigenvalue weighted by Gasteiger charge is -2.19. The van der Waals surface area contributed by atoms with Crippen LogP contribution in [0.3, 0.4) is 0 Å². The number of nitrogens with one attached hydrogen (secondary N) is 1. The number of carbonyl (C=O) groups excluding carboxylic acids is 1. The first-order valence-electron chi connectivity index (χ1n) is 7.63. The molecule has 0 saturated heterocycles. The first-order valence-corrected chi connectivity index (χ1v) is 9.07. The van der Waals surface area contributed by atoms with Crippen molar-refractivity contribution in [3.63, 3.8) is 0 Å². The van der Waals surface area contributed by atoms with Gasteiger partial charge in [-0.3, -0.25) is 14.4 Å². The summed E-state index contributed by atoms with van der Waals surface area (Å²) in [6.07, 6.45) is 0.